The summed E-state index contributed by atoms with van der Waals surface area (Å²) in [5.41, 5.74) is -2.40. The van der Waals surface area contributed by atoms with E-state index in [1.54, 1.807) is 0 Å². The van der Waals surface area contributed by atoms with Crippen molar-refractivity contribution in [3.63, 3.8) is 0 Å². The van der Waals surface area contributed by atoms with Crippen LogP contribution in [0.15, 0.2) is 0 Å². The van der Waals surface area contributed by atoms with Gasteiger partial charge in [-0.05, 0) is 19.8 Å². The predicted molar refractivity (Wildman–Crippen MR) is 65.2 cm³/mol. The third kappa shape index (κ3) is 4.52. The topological polar surface area (TPSA) is 149 Å². The quantitative estimate of drug-likeness (QED) is 0.342. The van der Waals surface area contributed by atoms with E-state index in [0.717, 1.165) is 6.92 Å². The standard InChI is InChI=1S/C12H18O8/c1-12(10(17)18,11(19)20)7(9(15)16)5-3-2-4-6-8(13)14/h7H,2-6H2,1H3,(H,13,14)(H,15,16)(H,17,18)(H,19,20). The molecule has 0 aromatic rings. The molecule has 0 fully saturated rings. The van der Waals surface area contributed by atoms with Gasteiger partial charge >= 0.3 is 23.9 Å². The summed E-state index contributed by atoms with van der Waals surface area (Å²) in [5.74, 6) is -7.44. The van der Waals surface area contributed by atoms with Gasteiger partial charge in [0.25, 0.3) is 0 Å². The average molecular weight is 290 g/mol. The Bertz CT molecular complexity index is 386. The largest absolute Gasteiger partial charge is 0.481 e. The van der Waals surface area contributed by atoms with Crippen LogP contribution in [0.2, 0.25) is 0 Å². The van der Waals surface area contributed by atoms with Gasteiger partial charge in [0.2, 0.25) is 0 Å². The fourth-order valence-corrected chi connectivity index (χ4v) is 1.85. The summed E-state index contributed by atoms with van der Waals surface area (Å²) in [4.78, 5) is 43.5. The molecule has 0 saturated heterocycles. The Balaban J connectivity index is 4.72. The number of carbonyl (C=O) groups is 4. The molecule has 0 aliphatic rings. The molecule has 0 saturated carbocycles. The number of hydrogen-bond donors (Lipinski definition) is 4. The molecule has 0 aromatic heterocycles. The Morgan fingerprint density at radius 2 is 1.40 bits per heavy atom. The first-order valence-electron chi connectivity index (χ1n) is 6.05. The van der Waals surface area contributed by atoms with Gasteiger partial charge in [-0.15, -0.1) is 0 Å². The van der Waals surface area contributed by atoms with E-state index in [9.17, 15) is 19.2 Å². The Labute approximate surface area is 115 Å². The van der Waals surface area contributed by atoms with Crippen LogP contribution < -0.4 is 0 Å². The van der Waals surface area contributed by atoms with Crippen molar-refractivity contribution >= 4 is 23.9 Å². The molecule has 1 unspecified atom stereocenters. The van der Waals surface area contributed by atoms with E-state index >= 15 is 0 Å². The van der Waals surface area contributed by atoms with E-state index in [1.165, 1.54) is 0 Å². The van der Waals surface area contributed by atoms with Crippen LogP contribution in [0.5, 0.6) is 0 Å². The lowest BCUT2D eigenvalue weighted by atomic mass is 9.74. The van der Waals surface area contributed by atoms with Crippen molar-refractivity contribution in [2.75, 3.05) is 0 Å². The molecule has 0 aliphatic carbocycles. The molecule has 0 amide bonds. The maximum atomic E-state index is 11.1. The minimum Gasteiger partial charge on any atom is -0.481 e. The van der Waals surface area contributed by atoms with Crippen molar-refractivity contribution in [2.24, 2.45) is 11.3 Å². The van der Waals surface area contributed by atoms with E-state index in [0.29, 0.717) is 12.8 Å². The highest BCUT2D eigenvalue weighted by atomic mass is 16.4. The Morgan fingerprint density at radius 1 is 0.900 bits per heavy atom. The lowest BCUT2D eigenvalue weighted by Crippen LogP contribution is -2.46. The summed E-state index contributed by atoms with van der Waals surface area (Å²) >= 11 is 0. The molecule has 0 heterocycles. The Morgan fingerprint density at radius 3 is 1.75 bits per heavy atom. The minimum atomic E-state index is -2.40. The Kier molecular flexibility index (Phi) is 6.67. The van der Waals surface area contributed by atoms with Crippen molar-refractivity contribution < 1.29 is 39.6 Å². The molecule has 1 atom stereocenters. The Hall–Kier alpha value is -2.12. The van der Waals surface area contributed by atoms with Crippen LogP contribution in [0.1, 0.15) is 39.0 Å². The molecule has 0 bridgehead atoms. The van der Waals surface area contributed by atoms with Crippen LogP contribution in [0.25, 0.3) is 0 Å². The van der Waals surface area contributed by atoms with Crippen LogP contribution in [0.3, 0.4) is 0 Å². The van der Waals surface area contributed by atoms with Crippen LogP contribution in [-0.4, -0.2) is 44.3 Å². The number of rotatable bonds is 10. The zero-order valence-corrected chi connectivity index (χ0v) is 11.0. The van der Waals surface area contributed by atoms with Crippen LogP contribution in [0, 0.1) is 11.3 Å². The first-order chi connectivity index (χ1) is 9.13. The molecular weight excluding hydrogens is 272 g/mol. The van der Waals surface area contributed by atoms with Gasteiger partial charge in [-0.1, -0.05) is 12.8 Å². The molecular formula is C12H18O8. The lowest BCUT2D eigenvalue weighted by Gasteiger charge is -2.26. The molecule has 114 valence electrons. The molecule has 0 aliphatic heterocycles. The van der Waals surface area contributed by atoms with E-state index in [-0.39, 0.29) is 19.3 Å². The van der Waals surface area contributed by atoms with Crippen molar-refractivity contribution in [3.05, 3.63) is 0 Å². The predicted octanol–water partition coefficient (Wildman–Crippen LogP) is 0.898. The van der Waals surface area contributed by atoms with E-state index in [2.05, 4.69) is 0 Å². The first kappa shape index (κ1) is 17.9. The smallest absolute Gasteiger partial charge is 0.321 e. The van der Waals surface area contributed by atoms with Gasteiger partial charge in [-0.3, -0.25) is 19.2 Å². The molecule has 8 nitrogen and oxygen atoms in total. The van der Waals surface area contributed by atoms with Crippen molar-refractivity contribution in [2.45, 2.75) is 39.0 Å². The maximum absolute atomic E-state index is 11.1. The SMILES string of the molecule is CC(C(=O)O)(C(=O)O)C(CCCCCC(=O)O)C(=O)O. The monoisotopic (exact) mass is 290 g/mol. The summed E-state index contributed by atoms with van der Waals surface area (Å²) in [5, 5.41) is 35.4. The summed E-state index contributed by atoms with van der Waals surface area (Å²) in [6.45, 7) is 0.869. The van der Waals surface area contributed by atoms with Crippen molar-refractivity contribution in [3.8, 4) is 0 Å². The van der Waals surface area contributed by atoms with Gasteiger partial charge < -0.3 is 20.4 Å². The van der Waals surface area contributed by atoms with E-state index in [1.807, 2.05) is 0 Å². The maximum Gasteiger partial charge on any atom is 0.321 e. The van der Waals surface area contributed by atoms with Crippen molar-refractivity contribution in [1.82, 2.24) is 0 Å². The summed E-state index contributed by atoms with van der Waals surface area (Å²) in [7, 11) is 0. The average Bonchev–Trinajstić information content (AvgIpc) is 2.31. The number of carboxylic acid groups (broad SMARTS) is 4. The van der Waals surface area contributed by atoms with Crippen LogP contribution in [0.4, 0.5) is 0 Å². The van der Waals surface area contributed by atoms with Gasteiger partial charge in [-0.2, -0.15) is 0 Å². The highest BCUT2D eigenvalue weighted by Gasteiger charge is 2.51. The number of carboxylic acids is 4. The number of hydrogen-bond acceptors (Lipinski definition) is 4. The van der Waals surface area contributed by atoms with E-state index in [4.69, 9.17) is 20.4 Å². The van der Waals surface area contributed by atoms with Gasteiger partial charge in [-0.25, -0.2) is 0 Å². The lowest BCUT2D eigenvalue weighted by molar-refractivity contribution is -0.174. The molecule has 0 rings (SSSR count). The molecule has 20 heavy (non-hydrogen) atoms. The highest BCUT2D eigenvalue weighted by molar-refractivity contribution is 6.01. The zero-order chi connectivity index (χ0) is 15.9. The molecule has 8 heteroatoms. The zero-order valence-electron chi connectivity index (χ0n) is 11.0. The second-order valence-corrected chi connectivity index (χ2v) is 4.70. The normalized spacial score (nSPS) is 12.7. The third-order valence-electron chi connectivity index (χ3n) is 3.27. The second kappa shape index (κ2) is 7.46. The number of aliphatic carboxylic acids is 4. The fourth-order valence-electron chi connectivity index (χ4n) is 1.85. The van der Waals surface area contributed by atoms with Crippen LogP contribution in [-0.2, 0) is 19.2 Å². The van der Waals surface area contributed by atoms with Gasteiger partial charge in [0, 0.05) is 6.42 Å². The van der Waals surface area contributed by atoms with Gasteiger partial charge in [0.05, 0.1) is 5.92 Å². The molecule has 0 spiro atoms. The molecule has 0 aromatic carbocycles. The molecule has 4 N–H and O–H groups in total. The summed E-state index contributed by atoms with van der Waals surface area (Å²) in [6.07, 6.45) is 0.779. The first-order valence-corrected chi connectivity index (χ1v) is 6.05. The summed E-state index contributed by atoms with van der Waals surface area (Å²) < 4.78 is 0. The molecule has 0 radical (unpaired) electrons. The van der Waals surface area contributed by atoms with Crippen molar-refractivity contribution in [1.29, 1.82) is 0 Å². The third-order valence-corrected chi connectivity index (χ3v) is 3.27. The highest BCUT2D eigenvalue weighted by Crippen LogP contribution is 2.33. The minimum absolute atomic E-state index is 0.0626. The van der Waals surface area contributed by atoms with Crippen LogP contribution >= 0.6 is 0 Å². The van der Waals surface area contributed by atoms with Gasteiger partial charge in [0.1, 0.15) is 0 Å². The number of unbranched alkanes of at least 4 members (excludes halogenated alkanes) is 2. The fraction of sp³-hybridized carbons (Fsp3) is 0.667. The second-order valence-electron chi connectivity index (χ2n) is 4.70. The summed E-state index contributed by atoms with van der Waals surface area (Å²) in [6, 6.07) is 0. The van der Waals surface area contributed by atoms with Gasteiger partial charge in [0.15, 0.2) is 5.41 Å². The van der Waals surface area contributed by atoms with E-state index < -0.39 is 35.2 Å².